The van der Waals surface area contributed by atoms with E-state index >= 15 is 0 Å². The first kappa shape index (κ1) is 8.04. The Morgan fingerprint density at radius 2 is 2.33 bits per heavy atom. The highest BCUT2D eigenvalue weighted by Gasteiger charge is 1.72. The van der Waals surface area contributed by atoms with Gasteiger partial charge in [0.2, 0.25) is 0 Å². The smallest absolute Gasteiger partial charge is 0.00136 e. The number of hydrogen-bond acceptors (Lipinski definition) is 0. The van der Waals surface area contributed by atoms with E-state index in [2.05, 4.69) is 18.9 Å². The normalized spacial score (nSPS) is 11.9. The molecule has 0 fully saturated rings. The molecular formula is C9H12. The van der Waals surface area contributed by atoms with Gasteiger partial charge in [0.25, 0.3) is 0 Å². The lowest BCUT2D eigenvalue weighted by Gasteiger charge is -1.79. The molecule has 0 spiro atoms. The van der Waals surface area contributed by atoms with Gasteiger partial charge in [-0.3, -0.25) is 0 Å². The summed E-state index contributed by atoms with van der Waals surface area (Å²) in [7, 11) is 0. The molecule has 0 saturated carbocycles. The monoisotopic (exact) mass is 120 g/mol. The van der Waals surface area contributed by atoms with Crippen molar-refractivity contribution in [1.82, 2.24) is 0 Å². The molecule has 0 amide bonds. The van der Waals surface area contributed by atoms with Crippen molar-refractivity contribution in [3.05, 3.63) is 23.8 Å². The second kappa shape index (κ2) is 5.18. The van der Waals surface area contributed by atoms with Gasteiger partial charge in [0.15, 0.2) is 0 Å². The molecule has 0 aliphatic heterocycles. The Bertz CT molecular complexity index is 153. The minimum Gasteiger partial charge on any atom is -0.115 e. The number of terminal acetylenes is 1. The first-order chi connectivity index (χ1) is 4.31. The molecule has 0 atom stereocenters. The third-order valence-electron chi connectivity index (χ3n) is 0.946. The van der Waals surface area contributed by atoms with Crippen LogP contribution >= 0.6 is 0 Å². The Morgan fingerprint density at radius 3 is 2.78 bits per heavy atom. The second-order valence-electron chi connectivity index (χ2n) is 1.83. The Morgan fingerprint density at radius 1 is 1.67 bits per heavy atom. The largest absolute Gasteiger partial charge is 0.115 e. The van der Waals surface area contributed by atoms with Crippen molar-refractivity contribution >= 4 is 0 Å². The SMILES string of the molecule is C#C/C(C)=C\C=C/CC. The van der Waals surface area contributed by atoms with Crippen LogP contribution in [0.15, 0.2) is 23.8 Å². The molecule has 9 heavy (non-hydrogen) atoms. The number of hydrogen-bond donors (Lipinski definition) is 0. The molecule has 0 aliphatic rings. The van der Waals surface area contributed by atoms with Crippen molar-refractivity contribution in [3.8, 4) is 12.3 Å². The van der Waals surface area contributed by atoms with Crippen LogP contribution in [0.2, 0.25) is 0 Å². The minimum atomic E-state index is 0.972. The maximum atomic E-state index is 5.10. The fraction of sp³-hybridized carbons (Fsp3) is 0.333. The minimum absolute atomic E-state index is 0.972. The zero-order valence-corrected chi connectivity index (χ0v) is 6.02. The lowest BCUT2D eigenvalue weighted by Crippen LogP contribution is -1.62. The van der Waals surface area contributed by atoms with E-state index in [0.29, 0.717) is 0 Å². The summed E-state index contributed by atoms with van der Waals surface area (Å²) in [5.41, 5.74) is 0.972. The average molecular weight is 120 g/mol. The van der Waals surface area contributed by atoms with E-state index in [0.717, 1.165) is 12.0 Å². The molecule has 0 aromatic carbocycles. The molecule has 0 N–H and O–H groups in total. The maximum Gasteiger partial charge on any atom is -0.00136 e. The van der Waals surface area contributed by atoms with Gasteiger partial charge in [0.05, 0.1) is 0 Å². The molecule has 0 aromatic rings. The standard InChI is InChI=1S/C9H12/c1-4-6-7-8-9(3)5-2/h2,6-8H,4H2,1,3H3/b7-6-,9-8-. The molecule has 0 nitrogen and oxygen atoms in total. The fourth-order valence-electron chi connectivity index (χ4n) is 0.397. The maximum absolute atomic E-state index is 5.10. The van der Waals surface area contributed by atoms with Gasteiger partial charge in [0, 0.05) is 0 Å². The van der Waals surface area contributed by atoms with Crippen LogP contribution in [0.5, 0.6) is 0 Å². The van der Waals surface area contributed by atoms with Crippen LogP contribution in [-0.2, 0) is 0 Å². The van der Waals surface area contributed by atoms with E-state index in [-0.39, 0.29) is 0 Å². The molecule has 0 radical (unpaired) electrons. The van der Waals surface area contributed by atoms with Gasteiger partial charge in [-0.25, -0.2) is 0 Å². The Kier molecular flexibility index (Phi) is 4.63. The summed E-state index contributed by atoms with van der Waals surface area (Å²) >= 11 is 0. The number of rotatable bonds is 2. The Balaban J connectivity index is 3.72. The Hall–Kier alpha value is -0.960. The third kappa shape index (κ3) is 4.90. The van der Waals surface area contributed by atoms with Crippen molar-refractivity contribution in [2.45, 2.75) is 20.3 Å². The second-order valence-corrected chi connectivity index (χ2v) is 1.83. The molecule has 0 bridgehead atoms. The van der Waals surface area contributed by atoms with Crippen molar-refractivity contribution < 1.29 is 0 Å². The average Bonchev–Trinajstić information content (AvgIpc) is 1.89. The van der Waals surface area contributed by atoms with Gasteiger partial charge in [-0.1, -0.05) is 31.1 Å². The summed E-state index contributed by atoms with van der Waals surface area (Å²) in [4.78, 5) is 0. The predicted octanol–water partition coefficient (Wildman–Crippen LogP) is 2.53. The molecule has 0 saturated heterocycles. The predicted molar refractivity (Wildman–Crippen MR) is 42.0 cm³/mol. The van der Waals surface area contributed by atoms with Crippen LogP contribution in [0, 0.1) is 12.3 Å². The summed E-state index contributed by atoms with van der Waals surface area (Å²) in [5.74, 6) is 2.53. The van der Waals surface area contributed by atoms with E-state index in [9.17, 15) is 0 Å². The van der Waals surface area contributed by atoms with Crippen LogP contribution < -0.4 is 0 Å². The van der Waals surface area contributed by atoms with Gasteiger partial charge in [-0.05, 0) is 18.9 Å². The van der Waals surface area contributed by atoms with E-state index in [1.807, 2.05) is 19.1 Å². The van der Waals surface area contributed by atoms with Crippen LogP contribution in [-0.4, -0.2) is 0 Å². The molecule has 0 rings (SSSR count). The van der Waals surface area contributed by atoms with Crippen LogP contribution in [0.3, 0.4) is 0 Å². The van der Waals surface area contributed by atoms with Crippen LogP contribution in [0.25, 0.3) is 0 Å². The highest BCUT2D eigenvalue weighted by atomic mass is 13.8. The van der Waals surface area contributed by atoms with Gasteiger partial charge < -0.3 is 0 Å². The summed E-state index contributed by atoms with van der Waals surface area (Å²) in [6.07, 6.45) is 12.2. The van der Waals surface area contributed by atoms with Gasteiger partial charge in [0.1, 0.15) is 0 Å². The zero-order valence-electron chi connectivity index (χ0n) is 6.02. The first-order valence-corrected chi connectivity index (χ1v) is 3.11. The van der Waals surface area contributed by atoms with E-state index in [1.165, 1.54) is 0 Å². The van der Waals surface area contributed by atoms with E-state index in [1.54, 1.807) is 0 Å². The quantitative estimate of drug-likeness (QED) is 0.388. The summed E-state index contributed by atoms with van der Waals surface area (Å²) < 4.78 is 0. The van der Waals surface area contributed by atoms with E-state index in [4.69, 9.17) is 6.42 Å². The highest BCUT2D eigenvalue weighted by Crippen LogP contribution is 1.89. The van der Waals surface area contributed by atoms with Crippen molar-refractivity contribution in [3.63, 3.8) is 0 Å². The molecule has 0 aliphatic carbocycles. The van der Waals surface area contributed by atoms with Crippen molar-refractivity contribution in [2.75, 3.05) is 0 Å². The number of allylic oxidation sites excluding steroid dienone is 4. The topological polar surface area (TPSA) is 0 Å². The first-order valence-electron chi connectivity index (χ1n) is 3.11. The molecule has 0 heterocycles. The fourth-order valence-corrected chi connectivity index (χ4v) is 0.397. The highest BCUT2D eigenvalue weighted by molar-refractivity contribution is 5.26. The lowest BCUT2D eigenvalue weighted by atomic mass is 10.3. The van der Waals surface area contributed by atoms with Gasteiger partial charge in [-0.15, -0.1) is 6.42 Å². The van der Waals surface area contributed by atoms with Gasteiger partial charge >= 0.3 is 0 Å². The third-order valence-corrected chi connectivity index (χ3v) is 0.946. The summed E-state index contributed by atoms with van der Waals surface area (Å²) in [6, 6.07) is 0. The summed E-state index contributed by atoms with van der Waals surface area (Å²) in [5, 5.41) is 0. The Labute approximate surface area is 57.3 Å². The molecule has 48 valence electrons. The van der Waals surface area contributed by atoms with Crippen molar-refractivity contribution in [2.24, 2.45) is 0 Å². The van der Waals surface area contributed by atoms with Crippen molar-refractivity contribution in [1.29, 1.82) is 0 Å². The summed E-state index contributed by atoms with van der Waals surface area (Å²) in [6.45, 7) is 4.01. The van der Waals surface area contributed by atoms with Crippen LogP contribution in [0.4, 0.5) is 0 Å². The zero-order chi connectivity index (χ0) is 7.11. The molecular weight excluding hydrogens is 108 g/mol. The molecule has 0 aromatic heterocycles. The molecule has 0 heteroatoms. The lowest BCUT2D eigenvalue weighted by molar-refractivity contribution is 1.22. The van der Waals surface area contributed by atoms with Crippen LogP contribution in [0.1, 0.15) is 20.3 Å². The van der Waals surface area contributed by atoms with Gasteiger partial charge in [-0.2, -0.15) is 0 Å². The van der Waals surface area contributed by atoms with E-state index < -0.39 is 0 Å². The molecule has 0 unspecified atom stereocenters.